The molecule has 0 radical (unpaired) electrons. The SMILES string of the molecule is C=CO[C@H](O)[C@H](Cc1ccccc1)NC(C)=O. The summed E-state index contributed by atoms with van der Waals surface area (Å²) < 4.78 is 4.88. The van der Waals surface area contributed by atoms with Crippen molar-refractivity contribution in [1.29, 1.82) is 0 Å². The van der Waals surface area contributed by atoms with E-state index < -0.39 is 12.3 Å². The first kappa shape index (κ1) is 13.3. The summed E-state index contributed by atoms with van der Waals surface area (Å²) in [4.78, 5) is 11.0. The molecule has 1 amide bonds. The molecule has 0 aromatic heterocycles. The zero-order chi connectivity index (χ0) is 12.7. The number of carbonyl (C=O) groups is 1. The number of amides is 1. The standard InChI is InChI=1S/C13H17NO3/c1-3-17-13(16)12(14-10(2)15)9-11-7-5-4-6-8-11/h3-8,12-13,16H,1,9H2,2H3,(H,14,15)/t12-,13-/m0/s1. The number of hydrogen-bond donors (Lipinski definition) is 2. The van der Waals surface area contributed by atoms with Crippen LogP contribution in [0.15, 0.2) is 43.2 Å². The molecule has 1 aromatic rings. The van der Waals surface area contributed by atoms with E-state index in [4.69, 9.17) is 4.74 Å². The van der Waals surface area contributed by atoms with Crippen molar-refractivity contribution in [1.82, 2.24) is 5.32 Å². The lowest BCUT2D eigenvalue weighted by atomic mass is 10.1. The highest BCUT2D eigenvalue weighted by molar-refractivity contribution is 5.73. The fourth-order valence-corrected chi connectivity index (χ4v) is 1.55. The van der Waals surface area contributed by atoms with Crippen molar-refractivity contribution in [2.75, 3.05) is 0 Å². The van der Waals surface area contributed by atoms with E-state index in [9.17, 15) is 9.90 Å². The predicted molar refractivity (Wildman–Crippen MR) is 65.0 cm³/mol. The van der Waals surface area contributed by atoms with Gasteiger partial charge in [0.1, 0.15) is 0 Å². The number of ether oxygens (including phenoxy) is 1. The topological polar surface area (TPSA) is 58.6 Å². The zero-order valence-electron chi connectivity index (χ0n) is 9.80. The van der Waals surface area contributed by atoms with Gasteiger partial charge in [0.2, 0.25) is 12.2 Å². The zero-order valence-corrected chi connectivity index (χ0v) is 9.80. The van der Waals surface area contributed by atoms with Crippen LogP contribution in [0.5, 0.6) is 0 Å². The Morgan fingerprint density at radius 1 is 1.53 bits per heavy atom. The minimum absolute atomic E-state index is 0.211. The summed E-state index contributed by atoms with van der Waals surface area (Å²) in [5, 5.41) is 12.4. The summed E-state index contributed by atoms with van der Waals surface area (Å²) in [6, 6.07) is 9.08. The number of aliphatic hydroxyl groups is 1. The lowest BCUT2D eigenvalue weighted by Gasteiger charge is -2.22. The maximum Gasteiger partial charge on any atom is 0.217 e. The molecule has 1 rings (SSSR count). The third-order valence-electron chi connectivity index (χ3n) is 2.27. The van der Waals surface area contributed by atoms with Crippen molar-refractivity contribution in [3.05, 3.63) is 48.7 Å². The van der Waals surface area contributed by atoms with E-state index in [0.717, 1.165) is 11.8 Å². The molecule has 4 heteroatoms. The molecule has 2 atom stereocenters. The lowest BCUT2D eigenvalue weighted by Crippen LogP contribution is -2.44. The van der Waals surface area contributed by atoms with E-state index >= 15 is 0 Å². The second-order valence-electron chi connectivity index (χ2n) is 3.69. The van der Waals surface area contributed by atoms with Gasteiger partial charge in [0, 0.05) is 6.92 Å². The van der Waals surface area contributed by atoms with Gasteiger partial charge in [-0.25, -0.2) is 0 Å². The van der Waals surface area contributed by atoms with E-state index in [1.54, 1.807) is 0 Å². The van der Waals surface area contributed by atoms with E-state index in [2.05, 4.69) is 11.9 Å². The Bertz CT molecular complexity index is 364. The largest absolute Gasteiger partial charge is 0.471 e. The Kier molecular flexibility index (Phi) is 5.23. The second kappa shape index (κ2) is 6.70. The van der Waals surface area contributed by atoms with E-state index in [1.165, 1.54) is 6.92 Å². The van der Waals surface area contributed by atoms with Crippen LogP contribution in [0.4, 0.5) is 0 Å². The molecule has 2 N–H and O–H groups in total. The molecule has 1 aromatic carbocycles. The van der Waals surface area contributed by atoms with Gasteiger partial charge in [-0.1, -0.05) is 36.9 Å². The number of carbonyl (C=O) groups excluding carboxylic acids is 1. The third-order valence-corrected chi connectivity index (χ3v) is 2.27. The average Bonchev–Trinajstić information content (AvgIpc) is 2.29. The monoisotopic (exact) mass is 235 g/mol. The van der Waals surface area contributed by atoms with Gasteiger partial charge in [-0.3, -0.25) is 4.79 Å². The Hall–Kier alpha value is -1.81. The van der Waals surface area contributed by atoms with Crippen LogP contribution in [0.2, 0.25) is 0 Å². The molecule has 0 fully saturated rings. The van der Waals surface area contributed by atoms with Crippen molar-refractivity contribution in [2.24, 2.45) is 0 Å². The molecular weight excluding hydrogens is 218 g/mol. The molecule has 0 aliphatic rings. The van der Waals surface area contributed by atoms with Crippen molar-refractivity contribution < 1.29 is 14.6 Å². The highest BCUT2D eigenvalue weighted by Crippen LogP contribution is 2.07. The molecule has 17 heavy (non-hydrogen) atoms. The minimum Gasteiger partial charge on any atom is -0.471 e. The highest BCUT2D eigenvalue weighted by atomic mass is 16.6. The summed E-state index contributed by atoms with van der Waals surface area (Å²) in [6.45, 7) is 4.78. The summed E-state index contributed by atoms with van der Waals surface area (Å²) in [7, 11) is 0. The first-order valence-electron chi connectivity index (χ1n) is 5.39. The molecule has 0 saturated heterocycles. The first-order valence-corrected chi connectivity index (χ1v) is 5.39. The van der Waals surface area contributed by atoms with Gasteiger partial charge in [0.25, 0.3) is 0 Å². The minimum atomic E-state index is -1.10. The van der Waals surface area contributed by atoms with Crippen LogP contribution in [0, 0.1) is 0 Å². The maximum absolute atomic E-state index is 11.0. The van der Waals surface area contributed by atoms with Crippen molar-refractivity contribution in [3.63, 3.8) is 0 Å². The molecule has 0 spiro atoms. The second-order valence-corrected chi connectivity index (χ2v) is 3.69. The Morgan fingerprint density at radius 2 is 2.18 bits per heavy atom. The quantitative estimate of drug-likeness (QED) is 0.575. The summed E-state index contributed by atoms with van der Waals surface area (Å²) >= 11 is 0. The fraction of sp³-hybridized carbons (Fsp3) is 0.308. The van der Waals surface area contributed by atoms with Crippen molar-refractivity contribution in [3.8, 4) is 0 Å². The van der Waals surface area contributed by atoms with Crippen LogP contribution in [0.3, 0.4) is 0 Å². The maximum atomic E-state index is 11.0. The molecule has 0 saturated carbocycles. The van der Waals surface area contributed by atoms with Gasteiger partial charge in [-0.05, 0) is 12.0 Å². The summed E-state index contributed by atoms with van der Waals surface area (Å²) in [5.41, 5.74) is 1.01. The molecule has 92 valence electrons. The number of rotatable bonds is 6. The first-order chi connectivity index (χ1) is 8.13. The van der Waals surface area contributed by atoms with Crippen LogP contribution in [-0.2, 0) is 16.0 Å². The Balaban J connectivity index is 2.69. The number of hydrogen-bond acceptors (Lipinski definition) is 3. The number of benzene rings is 1. The fourth-order valence-electron chi connectivity index (χ4n) is 1.55. The third kappa shape index (κ3) is 4.70. The van der Waals surface area contributed by atoms with Crippen LogP contribution in [0.25, 0.3) is 0 Å². The molecule has 0 aliphatic heterocycles. The van der Waals surface area contributed by atoms with E-state index in [1.807, 2.05) is 30.3 Å². The number of nitrogens with one attached hydrogen (secondary N) is 1. The molecule has 0 heterocycles. The van der Waals surface area contributed by atoms with Gasteiger partial charge in [0.15, 0.2) is 0 Å². The van der Waals surface area contributed by atoms with Crippen LogP contribution in [-0.4, -0.2) is 23.3 Å². The molecule has 0 aliphatic carbocycles. The van der Waals surface area contributed by atoms with Crippen molar-refractivity contribution >= 4 is 5.91 Å². The van der Waals surface area contributed by atoms with Gasteiger partial charge < -0.3 is 15.2 Å². The van der Waals surface area contributed by atoms with Gasteiger partial charge in [-0.15, -0.1) is 0 Å². The van der Waals surface area contributed by atoms with Gasteiger partial charge >= 0.3 is 0 Å². The normalized spacial score (nSPS) is 13.5. The lowest BCUT2D eigenvalue weighted by molar-refractivity contribution is -0.125. The van der Waals surface area contributed by atoms with Crippen LogP contribution in [0.1, 0.15) is 12.5 Å². The average molecular weight is 235 g/mol. The highest BCUT2D eigenvalue weighted by Gasteiger charge is 2.20. The van der Waals surface area contributed by atoms with E-state index in [0.29, 0.717) is 6.42 Å². The molecule has 0 bridgehead atoms. The molecular formula is C13H17NO3. The predicted octanol–water partition coefficient (Wildman–Crippen LogP) is 1.21. The van der Waals surface area contributed by atoms with Gasteiger partial charge in [0.05, 0.1) is 12.3 Å². The van der Waals surface area contributed by atoms with Crippen LogP contribution >= 0.6 is 0 Å². The molecule has 0 unspecified atom stereocenters. The van der Waals surface area contributed by atoms with E-state index in [-0.39, 0.29) is 5.91 Å². The summed E-state index contributed by atoms with van der Waals surface area (Å²) in [6.07, 6.45) is 0.552. The van der Waals surface area contributed by atoms with Crippen LogP contribution < -0.4 is 5.32 Å². The van der Waals surface area contributed by atoms with Crippen molar-refractivity contribution in [2.45, 2.75) is 25.7 Å². The molecule has 4 nitrogen and oxygen atoms in total. The number of aliphatic hydroxyl groups excluding tert-OH is 1. The Labute approximate surface area is 101 Å². The smallest absolute Gasteiger partial charge is 0.217 e. The summed E-state index contributed by atoms with van der Waals surface area (Å²) in [5.74, 6) is -0.211. The van der Waals surface area contributed by atoms with Gasteiger partial charge in [-0.2, -0.15) is 0 Å². The Morgan fingerprint density at radius 3 is 2.71 bits per heavy atom.